The zero-order chi connectivity index (χ0) is 14.0. The van der Waals surface area contributed by atoms with Gasteiger partial charge in [-0.3, -0.25) is 0 Å². The molecule has 106 valence electrons. The fourth-order valence-electron chi connectivity index (χ4n) is 2.53. The lowest BCUT2D eigenvalue weighted by molar-refractivity contribution is 0.494. The Morgan fingerprint density at radius 3 is 2.79 bits per heavy atom. The molecule has 0 bridgehead atoms. The molecule has 1 aromatic carbocycles. The first-order valence-electron chi connectivity index (χ1n) is 6.31. The van der Waals surface area contributed by atoms with Crippen molar-refractivity contribution in [3.63, 3.8) is 0 Å². The highest BCUT2D eigenvalue weighted by molar-refractivity contribution is 9.10. The normalized spacial score (nSPS) is 24.1. The fraction of sp³-hybridized carbons (Fsp3) is 0.538. The van der Waals surface area contributed by atoms with Gasteiger partial charge in [0.1, 0.15) is 5.82 Å². The number of sulfone groups is 1. The largest absolute Gasteiger partial charge is 0.326 e. The van der Waals surface area contributed by atoms with Gasteiger partial charge >= 0.3 is 0 Å². The second-order valence-electron chi connectivity index (χ2n) is 5.00. The van der Waals surface area contributed by atoms with Crippen molar-refractivity contribution in [3.05, 3.63) is 34.1 Å². The monoisotopic (exact) mass is 349 g/mol. The molecule has 19 heavy (non-hydrogen) atoms. The maximum absolute atomic E-state index is 13.0. The van der Waals surface area contributed by atoms with Crippen molar-refractivity contribution in [3.8, 4) is 0 Å². The second kappa shape index (κ2) is 5.89. The fourth-order valence-corrected chi connectivity index (χ4v) is 5.11. The van der Waals surface area contributed by atoms with E-state index >= 15 is 0 Å². The molecule has 1 aliphatic heterocycles. The molecular weight excluding hydrogens is 333 g/mol. The van der Waals surface area contributed by atoms with Gasteiger partial charge in [-0.25, -0.2) is 12.8 Å². The molecule has 0 spiro atoms. The van der Waals surface area contributed by atoms with Crippen LogP contribution in [0.3, 0.4) is 0 Å². The smallest absolute Gasteiger partial charge is 0.154 e. The first-order valence-corrected chi connectivity index (χ1v) is 8.82. The van der Waals surface area contributed by atoms with Crippen LogP contribution in [0.25, 0.3) is 0 Å². The lowest BCUT2D eigenvalue weighted by Gasteiger charge is -2.27. The topological polar surface area (TPSA) is 60.2 Å². The minimum atomic E-state index is -3.08. The third kappa shape index (κ3) is 3.55. The van der Waals surface area contributed by atoms with Gasteiger partial charge < -0.3 is 5.73 Å². The summed E-state index contributed by atoms with van der Waals surface area (Å²) in [5, 5.41) is -0.474. The molecule has 2 rings (SSSR count). The summed E-state index contributed by atoms with van der Waals surface area (Å²) in [6, 6.07) is 3.95. The zero-order valence-electron chi connectivity index (χ0n) is 10.5. The van der Waals surface area contributed by atoms with E-state index < -0.39 is 21.1 Å². The summed E-state index contributed by atoms with van der Waals surface area (Å²) >= 11 is 3.28. The Morgan fingerprint density at radius 1 is 1.42 bits per heavy atom. The van der Waals surface area contributed by atoms with Crippen LogP contribution >= 0.6 is 15.9 Å². The Balaban J connectivity index is 2.14. The Kier molecular flexibility index (Phi) is 4.63. The average Bonchev–Trinajstić information content (AvgIpc) is 2.32. The molecule has 3 nitrogen and oxygen atoms in total. The predicted molar refractivity (Wildman–Crippen MR) is 77.2 cm³/mol. The molecule has 0 saturated carbocycles. The minimum absolute atomic E-state index is 0.232. The summed E-state index contributed by atoms with van der Waals surface area (Å²) in [5.41, 5.74) is 6.91. The number of rotatable bonds is 3. The minimum Gasteiger partial charge on any atom is -0.326 e. The van der Waals surface area contributed by atoms with E-state index in [1.807, 2.05) is 0 Å². The first-order chi connectivity index (χ1) is 8.90. The quantitative estimate of drug-likeness (QED) is 0.911. The molecule has 1 aliphatic rings. The first kappa shape index (κ1) is 14.9. The van der Waals surface area contributed by atoms with E-state index in [1.54, 1.807) is 6.07 Å². The summed E-state index contributed by atoms with van der Waals surface area (Å²) < 4.78 is 37.6. The lowest BCUT2D eigenvalue weighted by Crippen LogP contribution is -2.44. The van der Waals surface area contributed by atoms with Crippen molar-refractivity contribution in [2.45, 2.75) is 37.0 Å². The molecule has 0 aromatic heterocycles. The van der Waals surface area contributed by atoms with Crippen LogP contribution in [0, 0.1) is 5.82 Å². The Morgan fingerprint density at radius 2 is 2.16 bits per heavy atom. The van der Waals surface area contributed by atoms with E-state index in [-0.39, 0.29) is 11.6 Å². The van der Waals surface area contributed by atoms with Crippen LogP contribution in [0.4, 0.5) is 4.39 Å². The predicted octanol–water partition coefficient (Wildman–Crippen LogP) is 2.43. The van der Waals surface area contributed by atoms with Crippen molar-refractivity contribution in [2.24, 2.45) is 5.73 Å². The van der Waals surface area contributed by atoms with Crippen LogP contribution < -0.4 is 5.73 Å². The third-order valence-corrected chi connectivity index (χ3v) is 6.68. The highest BCUT2D eigenvalue weighted by Gasteiger charge is 2.33. The maximum atomic E-state index is 13.0. The van der Waals surface area contributed by atoms with Gasteiger partial charge in [-0.1, -0.05) is 28.4 Å². The molecule has 0 radical (unpaired) electrons. The van der Waals surface area contributed by atoms with Crippen LogP contribution in [0.15, 0.2) is 22.7 Å². The lowest BCUT2D eigenvalue weighted by atomic mass is 10.0. The van der Waals surface area contributed by atoms with Gasteiger partial charge in [-0.05, 0) is 37.0 Å². The molecule has 1 heterocycles. The van der Waals surface area contributed by atoms with E-state index in [0.717, 1.165) is 18.4 Å². The van der Waals surface area contributed by atoms with Crippen molar-refractivity contribution < 1.29 is 12.8 Å². The molecule has 1 saturated heterocycles. The van der Waals surface area contributed by atoms with Crippen molar-refractivity contribution in [2.75, 3.05) is 5.75 Å². The highest BCUT2D eigenvalue weighted by Crippen LogP contribution is 2.25. The van der Waals surface area contributed by atoms with E-state index in [2.05, 4.69) is 15.9 Å². The summed E-state index contributed by atoms with van der Waals surface area (Å²) in [5.74, 6) is -0.0925. The molecule has 6 heteroatoms. The van der Waals surface area contributed by atoms with Crippen LogP contribution in [0.1, 0.15) is 24.8 Å². The van der Waals surface area contributed by atoms with Gasteiger partial charge in [0.25, 0.3) is 0 Å². The summed E-state index contributed by atoms with van der Waals surface area (Å²) in [6.07, 6.45) is 2.70. The van der Waals surface area contributed by atoms with Gasteiger partial charge in [0.05, 0.1) is 11.0 Å². The van der Waals surface area contributed by atoms with Gasteiger partial charge in [0.15, 0.2) is 9.84 Å². The van der Waals surface area contributed by atoms with Crippen molar-refractivity contribution in [1.29, 1.82) is 0 Å². The Hall–Kier alpha value is -0.460. The van der Waals surface area contributed by atoms with Crippen LogP contribution in [-0.2, 0) is 16.3 Å². The third-order valence-electron chi connectivity index (χ3n) is 3.58. The number of halogens is 2. The zero-order valence-corrected chi connectivity index (χ0v) is 12.9. The van der Waals surface area contributed by atoms with E-state index in [0.29, 0.717) is 17.3 Å². The van der Waals surface area contributed by atoms with E-state index in [9.17, 15) is 12.8 Å². The van der Waals surface area contributed by atoms with E-state index in [1.165, 1.54) is 12.1 Å². The summed E-state index contributed by atoms with van der Waals surface area (Å²) in [4.78, 5) is 0. The molecule has 2 atom stereocenters. The van der Waals surface area contributed by atoms with Crippen LogP contribution in [-0.4, -0.2) is 25.5 Å². The Bertz CT molecular complexity index is 562. The molecule has 1 fully saturated rings. The maximum Gasteiger partial charge on any atom is 0.154 e. The summed E-state index contributed by atoms with van der Waals surface area (Å²) in [7, 11) is -3.08. The molecule has 2 unspecified atom stereocenters. The van der Waals surface area contributed by atoms with Gasteiger partial charge in [-0.15, -0.1) is 0 Å². The van der Waals surface area contributed by atoms with Gasteiger partial charge in [-0.2, -0.15) is 0 Å². The molecule has 1 aromatic rings. The van der Waals surface area contributed by atoms with Crippen LogP contribution in [0.5, 0.6) is 0 Å². The second-order valence-corrected chi connectivity index (χ2v) is 8.20. The van der Waals surface area contributed by atoms with Crippen LogP contribution in [0.2, 0.25) is 0 Å². The average molecular weight is 350 g/mol. The number of hydrogen-bond donors (Lipinski definition) is 1. The molecular formula is C13H17BrFNO2S. The molecule has 2 N–H and O–H groups in total. The van der Waals surface area contributed by atoms with Crippen molar-refractivity contribution in [1.82, 2.24) is 0 Å². The Labute approximate surface area is 121 Å². The summed E-state index contributed by atoms with van der Waals surface area (Å²) in [6.45, 7) is 0. The van der Waals surface area contributed by atoms with Gasteiger partial charge in [0, 0.05) is 10.5 Å². The number of benzene rings is 1. The number of hydrogen-bond acceptors (Lipinski definition) is 3. The van der Waals surface area contributed by atoms with Gasteiger partial charge in [0.2, 0.25) is 0 Å². The van der Waals surface area contributed by atoms with Crippen molar-refractivity contribution >= 4 is 25.8 Å². The molecule has 0 amide bonds. The van der Waals surface area contributed by atoms with E-state index in [4.69, 9.17) is 5.73 Å². The standard InChI is InChI=1S/C13H17BrFNO2S/c14-11-8-10(15)5-4-9(11)7-12(16)13-3-1-2-6-19(13,17)18/h4-5,8,12-13H,1-3,6-7,16H2. The highest BCUT2D eigenvalue weighted by atomic mass is 79.9. The number of nitrogens with two attached hydrogens (primary N) is 1. The SMILES string of the molecule is NC(Cc1ccc(F)cc1Br)C1CCCCS1(=O)=O. The molecule has 0 aliphatic carbocycles.